The largest absolute Gasteiger partial charge is 0.371 e. The SMILES string of the molecule is O=C(NCC1CCN(c2ccccc2)C1)c1ccc(F)c(F)c1F. The second kappa shape index (κ2) is 6.95. The number of nitrogens with zero attached hydrogens (tertiary/aromatic N) is 1. The zero-order valence-electron chi connectivity index (χ0n) is 12.9. The molecule has 1 fully saturated rings. The van der Waals surface area contributed by atoms with Gasteiger partial charge in [-0.05, 0) is 36.6 Å². The minimum atomic E-state index is -1.63. The van der Waals surface area contributed by atoms with Crippen molar-refractivity contribution in [3.63, 3.8) is 0 Å². The first-order valence-corrected chi connectivity index (χ1v) is 7.78. The average molecular weight is 334 g/mol. The molecule has 1 amide bonds. The van der Waals surface area contributed by atoms with Crippen LogP contribution in [0.15, 0.2) is 42.5 Å². The number of carbonyl (C=O) groups is 1. The van der Waals surface area contributed by atoms with Crippen LogP contribution < -0.4 is 10.2 Å². The summed E-state index contributed by atoms with van der Waals surface area (Å²) < 4.78 is 39.7. The molecule has 1 heterocycles. The zero-order chi connectivity index (χ0) is 17.1. The molecule has 1 N–H and O–H groups in total. The molecule has 0 bridgehead atoms. The van der Waals surface area contributed by atoms with Gasteiger partial charge in [0.25, 0.3) is 5.91 Å². The molecule has 126 valence electrons. The molecular weight excluding hydrogens is 317 g/mol. The monoisotopic (exact) mass is 334 g/mol. The predicted octanol–water partition coefficient (Wildman–Crippen LogP) is 3.36. The Bertz CT molecular complexity index is 737. The summed E-state index contributed by atoms with van der Waals surface area (Å²) in [7, 11) is 0. The third kappa shape index (κ3) is 3.37. The van der Waals surface area contributed by atoms with Gasteiger partial charge >= 0.3 is 0 Å². The lowest BCUT2D eigenvalue weighted by Gasteiger charge is -2.18. The van der Waals surface area contributed by atoms with Gasteiger partial charge in [-0.3, -0.25) is 4.79 Å². The van der Waals surface area contributed by atoms with Gasteiger partial charge < -0.3 is 10.2 Å². The molecule has 1 unspecified atom stereocenters. The quantitative estimate of drug-likeness (QED) is 0.870. The Labute approximate surface area is 138 Å². The van der Waals surface area contributed by atoms with E-state index in [1.165, 1.54) is 0 Å². The van der Waals surface area contributed by atoms with Crippen LogP contribution in [0.25, 0.3) is 0 Å². The van der Waals surface area contributed by atoms with E-state index in [2.05, 4.69) is 10.2 Å². The first-order chi connectivity index (χ1) is 11.6. The molecule has 0 aromatic heterocycles. The molecule has 0 spiro atoms. The van der Waals surface area contributed by atoms with Crippen LogP contribution in [-0.2, 0) is 0 Å². The van der Waals surface area contributed by atoms with Gasteiger partial charge in [-0.25, -0.2) is 13.2 Å². The number of carbonyl (C=O) groups excluding carboxylic acids is 1. The first-order valence-electron chi connectivity index (χ1n) is 7.78. The molecule has 2 aromatic carbocycles. The maximum absolute atomic E-state index is 13.6. The van der Waals surface area contributed by atoms with Gasteiger partial charge in [0, 0.05) is 25.3 Å². The van der Waals surface area contributed by atoms with E-state index in [1.807, 2.05) is 30.3 Å². The Hall–Kier alpha value is -2.50. The number of hydrogen-bond acceptors (Lipinski definition) is 2. The number of benzene rings is 2. The maximum Gasteiger partial charge on any atom is 0.254 e. The number of rotatable bonds is 4. The van der Waals surface area contributed by atoms with E-state index in [9.17, 15) is 18.0 Å². The Morgan fingerprint density at radius 2 is 1.83 bits per heavy atom. The van der Waals surface area contributed by atoms with Crippen LogP contribution in [0.4, 0.5) is 18.9 Å². The number of anilines is 1. The third-order valence-electron chi connectivity index (χ3n) is 4.24. The lowest BCUT2D eigenvalue weighted by Crippen LogP contribution is -2.31. The Kier molecular flexibility index (Phi) is 4.74. The van der Waals surface area contributed by atoms with Gasteiger partial charge in [0.1, 0.15) is 0 Å². The van der Waals surface area contributed by atoms with Gasteiger partial charge in [0.05, 0.1) is 5.56 Å². The molecule has 1 atom stereocenters. The number of nitrogens with one attached hydrogen (secondary N) is 1. The Morgan fingerprint density at radius 1 is 1.08 bits per heavy atom. The average Bonchev–Trinajstić information content (AvgIpc) is 3.07. The first kappa shape index (κ1) is 16.4. The maximum atomic E-state index is 13.6. The summed E-state index contributed by atoms with van der Waals surface area (Å²) in [6.45, 7) is 2.02. The minimum Gasteiger partial charge on any atom is -0.371 e. The van der Waals surface area contributed by atoms with Crippen LogP contribution >= 0.6 is 0 Å². The van der Waals surface area contributed by atoms with Gasteiger partial charge in [0.15, 0.2) is 17.5 Å². The summed E-state index contributed by atoms with van der Waals surface area (Å²) in [5, 5.41) is 2.61. The van der Waals surface area contributed by atoms with Crippen LogP contribution in [0.1, 0.15) is 16.8 Å². The smallest absolute Gasteiger partial charge is 0.254 e. The van der Waals surface area contributed by atoms with Crippen molar-refractivity contribution < 1.29 is 18.0 Å². The van der Waals surface area contributed by atoms with Gasteiger partial charge in [-0.2, -0.15) is 0 Å². The zero-order valence-corrected chi connectivity index (χ0v) is 12.9. The lowest BCUT2D eigenvalue weighted by atomic mass is 10.1. The third-order valence-corrected chi connectivity index (χ3v) is 4.24. The van der Waals surface area contributed by atoms with Crippen LogP contribution in [0.2, 0.25) is 0 Å². The van der Waals surface area contributed by atoms with E-state index in [-0.39, 0.29) is 5.92 Å². The number of para-hydroxylation sites is 1. The molecule has 24 heavy (non-hydrogen) atoms. The van der Waals surface area contributed by atoms with E-state index in [0.717, 1.165) is 37.3 Å². The summed E-state index contributed by atoms with van der Waals surface area (Å²) in [6, 6.07) is 11.6. The fourth-order valence-corrected chi connectivity index (χ4v) is 2.91. The minimum absolute atomic E-state index is 0.225. The highest BCUT2D eigenvalue weighted by Gasteiger charge is 2.24. The fourth-order valence-electron chi connectivity index (χ4n) is 2.91. The molecule has 2 aromatic rings. The van der Waals surface area contributed by atoms with E-state index in [1.54, 1.807) is 0 Å². The van der Waals surface area contributed by atoms with E-state index >= 15 is 0 Å². The van der Waals surface area contributed by atoms with Crippen molar-refractivity contribution in [2.45, 2.75) is 6.42 Å². The van der Waals surface area contributed by atoms with Gasteiger partial charge in [-0.1, -0.05) is 18.2 Å². The molecule has 3 nitrogen and oxygen atoms in total. The van der Waals surface area contributed by atoms with Crippen molar-refractivity contribution in [2.75, 3.05) is 24.5 Å². The molecule has 0 radical (unpaired) electrons. The number of amides is 1. The molecular formula is C18H17F3N2O. The van der Waals surface area contributed by atoms with Crippen molar-refractivity contribution in [2.24, 2.45) is 5.92 Å². The van der Waals surface area contributed by atoms with E-state index < -0.39 is 28.9 Å². The van der Waals surface area contributed by atoms with Crippen LogP contribution in [0.5, 0.6) is 0 Å². The van der Waals surface area contributed by atoms with Crippen LogP contribution in [-0.4, -0.2) is 25.5 Å². The summed E-state index contributed by atoms with van der Waals surface area (Å²) in [5.74, 6) is -4.89. The van der Waals surface area contributed by atoms with Crippen molar-refractivity contribution in [1.29, 1.82) is 0 Å². The van der Waals surface area contributed by atoms with Gasteiger partial charge in [0.2, 0.25) is 0 Å². The van der Waals surface area contributed by atoms with Crippen LogP contribution in [0.3, 0.4) is 0 Å². The molecule has 6 heteroatoms. The van der Waals surface area contributed by atoms with Crippen LogP contribution in [0, 0.1) is 23.4 Å². The van der Waals surface area contributed by atoms with E-state index in [4.69, 9.17) is 0 Å². The van der Waals surface area contributed by atoms with Gasteiger partial charge in [-0.15, -0.1) is 0 Å². The van der Waals surface area contributed by atoms with E-state index in [0.29, 0.717) is 6.54 Å². The molecule has 1 aliphatic heterocycles. The second-order valence-corrected chi connectivity index (χ2v) is 5.87. The molecule has 0 saturated carbocycles. The van der Waals surface area contributed by atoms with Crippen molar-refractivity contribution in [1.82, 2.24) is 5.32 Å². The summed E-state index contributed by atoms with van der Waals surface area (Å²) >= 11 is 0. The number of hydrogen-bond donors (Lipinski definition) is 1. The Balaban J connectivity index is 1.57. The lowest BCUT2D eigenvalue weighted by molar-refractivity contribution is 0.0943. The molecule has 1 saturated heterocycles. The summed E-state index contributed by atoms with van der Waals surface area (Å²) in [4.78, 5) is 14.2. The molecule has 3 rings (SSSR count). The topological polar surface area (TPSA) is 32.3 Å². The van der Waals surface area contributed by atoms with Crippen molar-refractivity contribution in [3.8, 4) is 0 Å². The highest BCUT2D eigenvalue weighted by Crippen LogP contribution is 2.23. The number of halogens is 3. The molecule has 1 aliphatic rings. The highest BCUT2D eigenvalue weighted by molar-refractivity contribution is 5.94. The standard InChI is InChI=1S/C18H17F3N2O/c19-15-7-6-14(16(20)17(15)21)18(24)22-10-12-8-9-23(11-12)13-4-2-1-3-5-13/h1-7,12H,8-11H2,(H,22,24). The summed E-state index contributed by atoms with van der Waals surface area (Å²) in [5.41, 5.74) is 0.643. The predicted molar refractivity (Wildman–Crippen MR) is 85.4 cm³/mol. The molecule has 0 aliphatic carbocycles. The Morgan fingerprint density at radius 3 is 2.58 bits per heavy atom. The van der Waals surface area contributed by atoms with Crippen molar-refractivity contribution in [3.05, 3.63) is 65.5 Å². The van der Waals surface area contributed by atoms with Crippen molar-refractivity contribution >= 4 is 11.6 Å². The fraction of sp³-hybridized carbons (Fsp3) is 0.278. The highest BCUT2D eigenvalue weighted by atomic mass is 19.2. The summed E-state index contributed by atoms with van der Waals surface area (Å²) in [6.07, 6.45) is 0.898. The second-order valence-electron chi connectivity index (χ2n) is 5.87. The normalized spacial score (nSPS) is 17.1.